The van der Waals surface area contributed by atoms with Crippen molar-refractivity contribution in [2.24, 2.45) is 0 Å². The quantitative estimate of drug-likeness (QED) is 0.652. The third kappa shape index (κ3) is 6.19. The van der Waals surface area contributed by atoms with Gasteiger partial charge in [0.25, 0.3) is 11.8 Å². The van der Waals surface area contributed by atoms with Gasteiger partial charge in [0.05, 0.1) is 14.2 Å². The summed E-state index contributed by atoms with van der Waals surface area (Å²) in [6.45, 7) is 1.30. The van der Waals surface area contributed by atoms with E-state index in [2.05, 4.69) is 5.32 Å². The first-order valence-electron chi connectivity index (χ1n) is 8.23. The van der Waals surface area contributed by atoms with Gasteiger partial charge in [-0.1, -0.05) is 11.6 Å². The number of thioether (sulfide) groups is 1. The molecule has 26 heavy (non-hydrogen) atoms. The fourth-order valence-electron chi connectivity index (χ4n) is 2.59. The number of rotatable bonds is 6. The molecule has 0 spiro atoms. The number of benzene rings is 1. The fraction of sp³-hybridized carbons (Fsp3) is 0.471. The number of anilines is 1. The number of esters is 1. The summed E-state index contributed by atoms with van der Waals surface area (Å²) in [4.78, 5) is 38.6. The smallest absolute Gasteiger partial charge is 0.320 e. The van der Waals surface area contributed by atoms with Gasteiger partial charge in [0.2, 0.25) is 0 Å². The van der Waals surface area contributed by atoms with Gasteiger partial charge in [-0.2, -0.15) is 0 Å². The van der Waals surface area contributed by atoms with Crippen LogP contribution in [-0.4, -0.2) is 74.0 Å². The third-order valence-electron chi connectivity index (χ3n) is 3.93. The molecule has 7 nitrogen and oxygen atoms in total. The zero-order chi connectivity index (χ0) is 19.1. The Morgan fingerprint density at radius 1 is 1.31 bits per heavy atom. The molecule has 1 fully saturated rings. The predicted molar refractivity (Wildman–Crippen MR) is 102 cm³/mol. The minimum Gasteiger partial charge on any atom is -0.468 e. The Morgan fingerprint density at radius 3 is 2.65 bits per heavy atom. The number of hydrogen-bond donors (Lipinski definition) is 2. The van der Waals surface area contributed by atoms with Crippen molar-refractivity contribution in [2.45, 2.75) is 5.25 Å². The number of nitrogens with one attached hydrogen (secondary N) is 2. The maximum absolute atomic E-state index is 12.4. The molecule has 0 bridgehead atoms. The lowest BCUT2D eigenvalue weighted by atomic mass is 10.3. The highest BCUT2D eigenvalue weighted by molar-refractivity contribution is 8.00. The van der Waals surface area contributed by atoms with Gasteiger partial charge in [0, 0.05) is 29.6 Å². The molecule has 0 aromatic heterocycles. The summed E-state index contributed by atoms with van der Waals surface area (Å²) in [5, 5.41) is 3.03. The Kier molecular flexibility index (Phi) is 7.74. The van der Waals surface area contributed by atoms with Crippen molar-refractivity contribution in [3.8, 4) is 0 Å². The van der Waals surface area contributed by atoms with E-state index in [-0.39, 0.29) is 36.1 Å². The minimum absolute atomic E-state index is 0.0732. The molecule has 2 N–H and O–H groups in total. The van der Waals surface area contributed by atoms with Gasteiger partial charge in [-0.15, -0.1) is 11.8 Å². The maximum Gasteiger partial charge on any atom is 0.320 e. The summed E-state index contributed by atoms with van der Waals surface area (Å²) in [5.41, 5.74) is 0.660. The largest absolute Gasteiger partial charge is 0.468 e. The Morgan fingerprint density at radius 2 is 2.00 bits per heavy atom. The average Bonchev–Trinajstić information content (AvgIpc) is 2.62. The molecule has 0 saturated carbocycles. The number of amides is 2. The van der Waals surface area contributed by atoms with Crippen molar-refractivity contribution in [1.82, 2.24) is 4.90 Å². The van der Waals surface area contributed by atoms with Crippen molar-refractivity contribution >= 4 is 46.8 Å². The molecule has 1 aromatic carbocycles. The Labute approximate surface area is 162 Å². The molecule has 1 saturated heterocycles. The predicted octanol–water partition coefficient (Wildman–Crippen LogP) is -0.0898. The van der Waals surface area contributed by atoms with Crippen LogP contribution >= 0.6 is 23.4 Å². The fourth-order valence-corrected chi connectivity index (χ4v) is 3.85. The van der Waals surface area contributed by atoms with E-state index in [1.807, 2.05) is 0 Å². The second-order valence-electron chi connectivity index (χ2n) is 6.09. The number of nitrogens with zero attached hydrogens (tertiary/aromatic N) is 1. The molecule has 1 aromatic rings. The van der Waals surface area contributed by atoms with Gasteiger partial charge < -0.3 is 19.9 Å². The molecule has 2 rings (SSSR count). The molecule has 9 heteroatoms. The van der Waals surface area contributed by atoms with Gasteiger partial charge in [-0.05, 0) is 24.3 Å². The molecule has 2 amide bonds. The van der Waals surface area contributed by atoms with Crippen molar-refractivity contribution in [1.29, 1.82) is 0 Å². The van der Waals surface area contributed by atoms with Crippen molar-refractivity contribution in [2.75, 3.05) is 51.4 Å². The zero-order valence-corrected chi connectivity index (χ0v) is 16.4. The monoisotopic (exact) mass is 400 g/mol. The average molecular weight is 401 g/mol. The van der Waals surface area contributed by atoms with E-state index in [4.69, 9.17) is 16.3 Å². The van der Waals surface area contributed by atoms with Gasteiger partial charge in [-0.25, -0.2) is 0 Å². The number of hydrogen-bond acceptors (Lipinski definition) is 5. The normalized spacial score (nSPS) is 18.1. The first-order valence-corrected chi connectivity index (χ1v) is 9.65. The number of carbonyl (C=O) groups excluding carboxylic acids is 3. The molecule has 0 radical (unpaired) electrons. The van der Waals surface area contributed by atoms with Crippen molar-refractivity contribution < 1.29 is 24.0 Å². The third-order valence-corrected chi connectivity index (χ3v) is 5.34. The van der Waals surface area contributed by atoms with Gasteiger partial charge in [0.1, 0.15) is 5.25 Å². The standard InChI is InChI=1S/C17H22ClN3O4S/c1-20(10-15(22)19-13-5-3-12(18)4-6-13)11-16(23)21-7-8-26-14(9-21)17(24)25-2/h3-6,14H,7-11H2,1-2H3,(H,19,22)/p+1/t14-/m0/s1. The summed E-state index contributed by atoms with van der Waals surface area (Å²) in [6, 6.07) is 6.84. The van der Waals surface area contributed by atoms with Crippen LogP contribution in [0.1, 0.15) is 0 Å². The molecule has 0 aliphatic carbocycles. The number of methoxy groups -OCH3 is 1. The summed E-state index contributed by atoms with van der Waals surface area (Å²) >= 11 is 7.31. The molecule has 1 heterocycles. The molecule has 1 aliphatic rings. The van der Waals surface area contributed by atoms with Crippen molar-refractivity contribution in [3.05, 3.63) is 29.3 Å². The van der Waals surface area contributed by atoms with Crippen LogP contribution in [0.3, 0.4) is 0 Å². The van der Waals surface area contributed by atoms with E-state index in [1.54, 1.807) is 36.2 Å². The topological polar surface area (TPSA) is 80.2 Å². The second kappa shape index (κ2) is 9.80. The van der Waals surface area contributed by atoms with Crippen LogP contribution in [0.4, 0.5) is 5.69 Å². The molecule has 142 valence electrons. The van der Waals surface area contributed by atoms with Crippen molar-refractivity contribution in [3.63, 3.8) is 0 Å². The van der Waals surface area contributed by atoms with Gasteiger partial charge in [-0.3, -0.25) is 14.4 Å². The lowest BCUT2D eigenvalue weighted by molar-refractivity contribution is -0.862. The molecular formula is C17H23ClN3O4S+. The van der Waals surface area contributed by atoms with E-state index in [1.165, 1.54) is 18.9 Å². The first-order chi connectivity index (χ1) is 12.4. The van der Waals surface area contributed by atoms with E-state index in [9.17, 15) is 14.4 Å². The first kappa shape index (κ1) is 20.5. The molecule has 1 unspecified atom stereocenters. The number of halogens is 1. The number of carbonyl (C=O) groups is 3. The second-order valence-corrected chi connectivity index (χ2v) is 7.84. The van der Waals surface area contributed by atoms with E-state index in [0.717, 1.165) is 4.90 Å². The Bertz CT molecular complexity index is 656. The Balaban J connectivity index is 1.79. The Hall–Kier alpha value is -1.77. The summed E-state index contributed by atoms with van der Waals surface area (Å²) in [7, 11) is 3.14. The van der Waals surface area contributed by atoms with E-state index < -0.39 is 0 Å². The highest BCUT2D eigenvalue weighted by Crippen LogP contribution is 2.19. The summed E-state index contributed by atoms with van der Waals surface area (Å²) in [6.07, 6.45) is 0. The highest BCUT2D eigenvalue weighted by atomic mass is 35.5. The van der Waals surface area contributed by atoms with Crippen LogP contribution in [0.25, 0.3) is 0 Å². The molecule has 2 atom stereocenters. The van der Waals surface area contributed by atoms with Gasteiger partial charge in [0.15, 0.2) is 13.1 Å². The number of likely N-dealkylation sites (N-methyl/N-ethyl adjacent to an activating group) is 1. The molecular weight excluding hydrogens is 378 g/mol. The van der Waals surface area contributed by atoms with Crippen LogP contribution in [0.5, 0.6) is 0 Å². The van der Waals surface area contributed by atoms with Gasteiger partial charge >= 0.3 is 5.97 Å². The minimum atomic E-state index is -0.341. The summed E-state index contributed by atoms with van der Waals surface area (Å²) in [5.74, 6) is 0.132. The summed E-state index contributed by atoms with van der Waals surface area (Å²) < 4.78 is 4.75. The number of ether oxygens (including phenoxy) is 1. The van der Waals surface area contributed by atoms with E-state index in [0.29, 0.717) is 29.6 Å². The highest BCUT2D eigenvalue weighted by Gasteiger charge is 2.30. The van der Waals surface area contributed by atoms with Crippen LogP contribution in [-0.2, 0) is 19.1 Å². The maximum atomic E-state index is 12.4. The van der Waals surface area contributed by atoms with Crippen LogP contribution in [0.15, 0.2) is 24.3 Å². The van der Waals surface area contributed by atoms with Crippen LogP contribution in [0.2, 0.25) is 5.02 Å². The molecule has 1 aliphatic heterocycles. The van der Waals surface area contributed by atoms with E-state index >= 15 is 0 Å². The lowest BCUT2D eigenvalue weighted by Gasteiger charge is -2.31. The zero-order valence-electron chi connectivity index (χ0n) is 14.8. The SMILES string of the molecule is COC(=O)[C@@H]1CN(C(=O)C[NH+](C)CC(=O)Nc2ccc(Cl)cc2)CCS1. The van der Waals surface area contributed by atoms with Crippen LogP contribution < -0.4 is 10.2 Å². The number of quaternary nitrogens is 1. The van der Waals surface area contributed by atoms with Crippen LogP contribution in [0, 0.1) is 0 Å². The lowest BCUT2D eigenvalue weighted by Crippen LogP contribution is -3.11.